The van der Waals surface area contributed by atoms with Crippen LogP contribution in [0.2, 0.25) is 0 Å². The predicted octanol–water partition coefficient (Wildman–Crippen LogP) is 2.18. The van der Waals surface area contributed by atoms with Gasteiger partial charge in [0.05, 0.1) is 12.0 Å². The maximum absolute atomic E-state index is 11.5. The number of hydrogen-bond donors (Lipinski definition) is 1. The molecule has 1 atom stereocenters. The lowest BCUT2D eigenvalue weighted by molar-refractivity contribution is -0.385. The average molecular weight is 333 g/mol. The van der Waals surface area contributed by atoms with Crippen LogP contribution in [0.4, 0.5) is 5.69 Å². The van der Waals surface area contributed by atoms with Crippen molar-refractivity contribution in [2.75, 3.05) is 7.11 Å². The third-order valence-corrected chi connectivity index (χ3v) is 4.12. The fourth-order valence-electron chi connectivity index (χ4n) is 1.93. The summed E-state index contributed by atoms with van der Waals surface area (Å²) in [6.07, 6.45) is 1.80. The maximum atomic E-state index is 11.5. The summed E-state index contributed by atoms with van der Waals surface area (Å²) in [6.45, 7) is 0. The first kappa shape index (κ1) is 16.9. The summed E-state index contributed by atoms with van der Waals surface area (Å²) in [7, 11) is 1.25. The molecule has 1 aromatic carbocycles. The number of esters is 1. The molecule has 0 radical (unpaired) electrons. The number of aromatic nitrogens is 1. The number of rotatable bonds is 6. The number of non-ortho nitro benzene ring substituents is 1. The zero-order chi connectivity index (χ0) is 16.8. The van der Waals surface area contributed by atoms with Crippen molar-refractivity contribution in [3.8, 4) is 0 Å². The van der Waals surface area contributed by atoms with Gasteiger partial charge in [-0.05, 0) is 30.2 Å². The molecule has 8 heteroatoms. The second-order valence-corrected chi connectivity index (χ2v) is 5.72. The molecular formula is C15H15N3O4S. The number of benzene rings is 1. The van der Waals surface area contributed by atoms with Gasteiger partial charge in [0.2, 0.25) is 0 Å². The van der Waals surface area contributed by atoms with Crippen LogP contribution in [0.5, 0.6) is 0 Å². The van der Waals surface area contributed by atoms with Crippen LogP contribution in [-0.2, 0) is 16.0 Å². The molecule has 0 saturated carbocycles. The van der Waals surface area contributed by atoms with Gasteiger partial charge in [-0.3, -0.25) is 14.9 Å². The Morgan fingerprint density at radius 1 is 1.43 bits per heavy atom. The molecule has 2 rings (SSSR count). The second kappa shape index (κ2) is 7.70. The van der Waals surface area contributed by atoms with Crippen LogP contribution >= 0.6 is 11.8 Å². The Morgan fingerprint density at radius 3 is 2.83 bits per heavy atom. The molecular weight excluding hydrogens is 318 g/mol. The average Bonchev–Trinajstić information content (AvgIpc) is 2.56. The van der Waals surface area contributed by atoms with E-state index in [0.717, 1.165) is 9.92 Å². The largest absolute Gasteiger partial charge is 0.468 e. The van der Waals surface area contributed by atoms with Crippen molar-refractivity contribution in [3.63, 3.8) is 0 Å². The minimum atomic E-state index is -0.884. The van der Waals surface area contributed by atoms with E-state index in [2.05, 4.69) is 9.72 Å². The van der Waals surface area contributed by atoms with Crippen LogP contribution in [-0.4, -0.2) is 29.0 Å². The lowest BCUT2D eigenvalue weighted by Crippen LogP contribution is -2.33. The number of pyridine rings is 1. The standard InChI is InChI=1S/C15H15N3O4S/c1-22-15(19)12(16)9-10-8-11(18(20)21)5-6-13(10)23-14-4-2-3-7-17-14/h2-8,12H,9,16H2,1H3. The molecule has 0 amide bonds. The predicted molar refractivity (Wildman–Crippen MR) is 85.2 cm³/mol. The summed E-state index contributed by atoms with van der Waals surface area (Å²) >= 11 is 1.35. The monoisotopic (exact) mass is 333 g/mol. The van der Waals surface area contributed by atoms with Gasteiger partial charge in [-0.25, -0.2) is 4.98 Å². The number of nitro benzene ring substituents is 1. The van der Waals surface area contributed by atoms with Gasteiger partial charge < -0.3 is 10.5 Å². The highest BCUT2D eigenvalue weighted by Gasteiger charge is 2.19. The van der Waals surface area contributed by atoms with Gasteiger partial charge in [0.25, 0.3) is 5.69 Å². The minimum absolute atomic E-state index is 0.0533. The molecule has 0 saturated heterocycles. The number of methoxy groups -OCH3 is 1. The SMILES string of the molecule is COC(=O)C(N)Cc1cc([N+](=O)[O-])ccc1Sc1ccccn1. The van der Waals surface area contributed by atoms with Crippen molar-refractivity contribution in [1.82, 2.24) is 4.98 Å². The van der Waals surface area contributed by atoms with Crippen molar-refractivity contribution in [1.29, 1.82) is 0 Å². The Hall–Kier alpha value is -2.45. The van der Waals surface area contributed by atoms with E-state index in [-0.39, 0.29) is 12.1 Å². The van der Waals surface area contributed by atoms with Gasteiger partial charge >= 0.3 is 5.97 Å². The Kier molecular flexibility index (Phi) is 5.67. The highest BCUT2D eigenvalue weighted by Crippen LogP contribution is 2.32. The molecule has 0 aliphatic rings. The van der Waals surface area contributed by atoms with Gasteiger partial charge in [0.1, 0.15) is 11.1 Å². The molecule has 7 nitrogen and oxygen atoms in total. The van der Waals surface area contributed by atoms with Gasteiger partial charge in [0, 0.05) is 23.2 Å². The van der Waals surface area contributed by atoms with Crippen molar-refractivity contribution < 1.29 is 14.5 Å². The van der Waals surface area contributed by atoms with Crippen LogP contribution < -0.4 is 5.73 Å². The van der Waals surface area contributed by atoms with E-state index in [0.29, 0.717) is 5.56 Å². The molecule has 0 bridgehead atoms. The van der Waals surface area contributed by atoms with Crippen molar-refractivity contribution in [2.24, 2.45) is 5.73 Å². The molecule has 0 aliphatic heterocycles. The van der Waals surface area contributed by atoms with Crippen LogP contribution in [0.15, 0.2) is 52.5 Å². The first-order valence-corrected chi connectivity index (χ1v) is 7.52. The van der Waals surface area contributed by atoms with Crippen LogP contribution in [0.3, 0.4) is 0 Å². The van der Waals surface area contributed by atoms with Gasteiger partial charge in [-0.15, -0.1) is 0 Å². The minimum Gasteiger partial charge on any atom is -0.468 e. The number of nitrogens with zero attached hydrogens (tertiary/aromatic N) is 2. The highest BCUT2D eigenvalue weighted by molar-refractivity contribution is 7.99. The number of nitro groups is 1. The fraction of sp³-hybridized carbons (Fsp3) is 0.200. The Bertz CT molecular complexity index is 709. The number of nitrogens with two attached hydrogens (primary N) is 1. The van der Waals surface area contributed by atoms with Crippen molar-refractivity contribution in [2.45, 2.75) is 22.4 Å². The van der Waals surface area contributed by atoms with Gasteiger partial charge in [0.15, 0.2) is 0 Å². The highest BCUT2D eigenvalue weighted by atomic mass is 32.2. The molecule has 120 valence electrons. The molecule has 1 heterocycles. The first-order chi connectivity index (χ1) is 11.0. The summed E-state index contributed by atoms with van der Waals surface area (Å²) < 4.78 is 4.60. The molecule has 1 unspecified atom stereocenters. The van der Waals surface area contributed by atoms with Crippen LogP contribution in [0.1, 0.15) is 5.56 Å². The van der Waals surface area contributed by atoms with E-state index in [1.54, 1.807) is 18.3 Å². The number of carbonyl (C=O) groups is 1. The van der Waals surface area contributed by atoms with E-state index in [4.69, 9.17) is 5.73 Å². The summed E-state index contributed by atoms with van der Waals surface area (Å²) in [5.74, 6) is -0.565. The van der Waals surface area contributed by atoms with Crippen molar-refractivity contribution in [3.05, 3.63) is 58.3 Å². The summed E-state index contributed by atoms with van der Waals surface area (Å²) in [6, 6.07) is 9.07. The first-order valence-electron chi connectivity index (χ1n) is 6.71. The zero-order valence-corrected chi connectivity index (χ0v) is 13.2. The van der Waals surface area contributed by atoms with E-state index in [1.165, 1.54) is 31.0 Å². The third kappa shape index (κ3) is 4.51. The molecule has 1 aromatic heterocycles. The summed E-state index contributed by atoms with van der Waals surface area (Å²) in [5.41, 5.74) is 6.33. The molecule has 2 N–H and O–H groups in total. The van der Waals surface area contributed by atoms with E-state index in [1.807, 2.05) is 12.1 Å². The third-order valence-electron chi connectivity index (χ3n) is 3.05. The molecule has 0 spiro atoms. The summed E-state index contributed by atoms with van der Waals surface area (Å²) in [5, 5.41) is 11.7. The Labute approximate surface area is 137 Å². The Morgan fingerprint density at radius 2 is 2.22 bits per heavy atom. The molecule has 0 aliphatic carbocycles. The van der Waals surface area contributed by atoms with Crippen LogP contribution in [0.25, 0.3) is 0 Å². The van der Waals surface area contributed by atoms with Gasteiger partial charge in [-0.1, -0.05) is 17.8 Å². The summed E-state index contributed by atoms with van der Waals surface area (Å²) in [4.78, 5) is 27.0. The van der Waals surface area contributed by atoms with Crippen LogP contribution in [0, 0.1) is 10.1 Å². The van der Waals surface area contributed by atoms with Gasteiger partial charge in [-0.2, -0.15) is 0 Å². The van der Waals surface area contributed by atoms with E-state index in [9.17, 15) is 14.9 Å². The fourth-order valence-corrected chi connectivity index (χ4v) is 2.83. The number of carbonyl (C=O) groups excluding carboxylic acids is 1. The topological polar surface area (TPSA) is 108 Å². The van der Waals surface area contributed by atoms with E-state index >= 15 is 0 Å². The maximum Gasteiger partial charge on any atom is 0.322 e. The normalized spacial score (nSPS) is 11.7. The molecule has 23 heavy (non-hydrogen) atoms. The lowest BCUT2D eigenvalue weighted by atomic mass is 10.1. The quantitative estimate of drug-likeness (QED) is 0.490. The number of hydrogen-bond acceptors (Lipinski definition) is 7. The molecule has 2 aromatic rings. The Balaban J connectivity index is 2.32. The number of ether oxygens (including phenoxy) is 1. The van der Waals surface area contributed by atoms with E-state index < -0.39 is 16.9 Å². The lowest BCUT2D eigenvalue weighted by Gasteiger charge is -2.12. The second-order valence-electron chi connectivity index (χ2n) is 4.65. The smallest absolute Gasteiger partial charge is 0.322 e. The zero-order valence-electron chi connectivity index (χ0n) is 12.3. The molecule has 0 fully saturated rings. The van der Waals surface area contributed by atoms with Crippen molar-refractivity contribution >= 4 is 23.4 Å².